The van der Waals surface area contributed by atoms with Gasteiger partial charge in [0.2, 0.25) is 5.60 Å². The molecule has 0 saturated carbocycles. The van der Waals surface area contributed by atoms with E-state index in [2.05, 4.69) is 5.32 Å². The highest BCUT2D eigenvalue weighted by atomic mass is 16.6. The van der Waals surface area contributed by atoms with Crippen molar-refractivity contribution >= 4 is 17.6 Å². The van der Waals surface area contributed by atoms with Crippen molar-refractivity contribution in [1.29, 1.82) is 5.26 Å². The summed E-state index contributed by atoms with van der Waals surface area (Å²) < 4.78 is 11.4. The van der Waals surface area contributed by atoms with Gasteiger partial charge in [-0.3, -0.25) is 4.79 Å². The molecule has 3 aromatic rings. The fourth-order valence-corrected chi connectivity index (χ4v) is 3.25. The zero-order valence-corrected chi connectivity index (χ0v) is 17.1. The zero-order valence-electron chi connectivity index (χ0n) is 17.1. The number of benzene rings is 3. The zero-order chi connectivity index (χ0) is 22.1. The predicted octanol–water partition coefficient (Wildman–Crippen LogP) is 4.02. The number of hydrogen-bond donors (Lipinski definition) is 1. The lowest BCUT2D eigenvalue weighted by Gasteiger charge is -2.32. The van der Waals surface area contributed by atoms with Gasteiger partial charge in [0.15, 0.2) is 6.61 Å². The maximum atomic E-state index is 13.3. The maximum absolute atomic E-state index is 13.3. The van der Waals surface area contributed by atoms with E-state index in [0.29, 0.717) is 22.4 Å². The molecule has 156 valence electrons. The Morgan fingerprint density at radius 2 is 1.45 bits per heavy atom. The van der Waals surface area contributed by atoms with Crippen molar-refractivity contribution in [2.75, 3.05) is 18.5 Å². The Labute approximate surface area is 181 Å². The van der Waals surface area contributed by atoms with E-state index in [1.165, 1.54) is 0 Å². The number of amides is 1. The highest BCUT2D eigenvalue weighted by Gasteiger charge is 2.45. The first-order valence-corrected chi connectivity index (χ1v) is 9.82. The van der Waals surface area contributed by atoms with Crippen molar-refractivity contribution < 1.29 is 19.1 Å². The van der Waals surface area contributed by atoms with E-state index in [1.54, 1.807) is 55.5 Å². The average molecular weight is 414 g/mol. The summed E-state index contributed by atoms with van der Waals surface area (Å²) in [6.45, 7) is 1.58. The van der Waals surface area contributed by atoms with Crippen LogP contribution in [0.1, 0.15) is 23.6 Å². The first-order valence-electron chi connectivity index (χ1n) is 9.82. The fourth-order valence-electron chi connectivity index (χ4n) is 3.25. The molecule has 0 fully saturated rings. The van der Waals surface area contributed by atoms with E-state index < -0.39 is 24.1 Å². The number of carbonyl (C=O) groups is 2. The molecular formula is C25H22N2O4. The Morgan fingerprint density at radius 3 is 1.94 bits per heavy atom. The Bertz CT molecular complexity index is 1020. The monoisotopic (exact) mass is 414 g/mol. The summed E-state index contributed by atoms with van der Waals surface area (Å²) in [6.07, 6.45) is 0. The quantitative estimate of drug-likeness (QED) is 0.563. The minimum absolute atomic E-state index is 0.260. The second kappa shape index (κ2) is 10.2. The molecule has 0 aliphatic rings. The molecule has 0 radical (unpaired) electrons. The van der Waals surface area contributed by atoms with Crippen LogP contribution in [0, 0.1) is 11.3 Å². The smallest absolute Gasteiger partial charge is 0.348 e. The van der Waals surface area contributed by atoms with Gasteiger partial charge in [-0.15, -0.1) is 0 Å². The van der Waals surface area contributed by atoms with Crippen molar-refractivity contribution in [3.63, 3.8) is 0 Å². The molecule has 31 heavy (non-hydrogen) atoms. The first kappa shape index (κ1) is 21.8. The first-order chi connectivity index (χ1) is 15.1. The normalized spacial score (nSPS) is 10.7. The number of ether oxygens (including phenoxy) is 2. The molecule has 0 bridgehead atoms. The molecule has 3 rings (SSSR count). The van der Waals surface area contributed by atoms with Gasteiger partial charge >= 0.3 is 5.97 Å². The SMILES string of the molecule is CCOC(C(=O)OCC(=O)Nc1ccc(C#N)cc1)(c1ccccc1)c1ccccc1. The summed E-state index contributed by atoms with van der Waals surface area (Å²) >= 11 is 0. The van der Waals surface area contributed by atoms with Gasteiger partial charge in [-0.05, 0) is 42.3 Å². The van der Waals surface area contributed by atoms with Gasteiger partial charge in [0.1, 0.15) is 0 Å². The van der Waals surface area contributed by atoms with Crippen molar-refractivity contribution in [3.8, 4) is 6.07 Å². The molecule has 3 aromatic carbocycles. The fraction of sp³-hybridized carbons (Fsp3) is 0.160. The van der Waals surface area contributed by atoms with Gasteiger partial charge in [-0.2, -0.15) is 5.26 Å². The second-order valence-corrected chi connectivity index (χ2v) is 6.66. The van der Waals surface area contributed by atoms with Crippen LogP contribution < -0.4 is 5.32 Å². The van der Waals surface area contributed by atoms with Crippen molar-refractivity contribution in [2.45, 2.75) is 12.5 Å². The summed E-state index contributed by atoms with van der Waals surface area (Å²) in [7, 11) is 0. The van der Waals surface area contributed by atoms with E-state index in [9.17, 15) is 9.59 Å². The van der Waals surface area contributed by atoms with Crippen LogP contribution in [0.4, 0.5) is 5.69 Å². The predicted molar refractivity (Wildman–Crippen MR) is 116 cm³/mol. The summed E-state index contributed by atoms with van der Waals surface area (Å²) in [5.41, 5.74) is 0.714. The van der Waals surface area contributed by atoms with E-state index in [1.807, 2.05) is 42.5 Å². The van der Waals surface area contributed by atoms with Crippen LogP contribution in [-0.4, -0.2) is 25.1 Å². The third-order valence-corrected chi connectivity index (χ3v) is 4.64. The average Bonchev–Trinajstić information content (AvgIpc) is 2.82. The lowest BCUT2D eigenvalue weighted by Crippen LogP contribution is -2.42. The van der Waals surface area contributed by atoms with Crippen molar-refractivity contribution in [3.05, 3.63) is 102 Å². The molecule has 0 atom stereocenters. The molecular weight excluding hydrogens is 392 g/mol. The van der Waals surface area contributed by atoms with Crippen LogP contribution in [0.2, 0.25) is 0 Å². The molecule has 0 aliphatic heterocycles. The molecule has 6 nitrogen and oxygen atoms in total. The van der Waals surface area contributed by atoms with E-state index in [-0.39, 0.29) is 6.61 Å². The molecule has 0 spiro atoms. The van der Waals surface area contributed by atoms with Crippen LogP contribution in [-0.2, 0) is 24.7 Å². The number of esters is 1. The van der Waals surface area contributed by atoms with Gasteiger partial charge in [0.25, 0.3) is 5.91 Å². The molecule has 6 heteroatoms. The maximum Gasteiger partial charge on any atom is 0.348 e. The van der Waals surface area contributed by atoms with E-state index in [4.69, 9.17) is 14.7 Å². The lowest BCUT2D eigenvalue weighted by atomic mass is 9.86. The second-order valence-electron chi connectivity index (χ2n) is 6.66. The van der Waals surface area contributed by atoms with Crippen LogP contribution >= 0.6 is 0 Å². The Kier molecular flexibility index (Phi) is 7.15. The van der Waals surface area contributed by atoms with Gasteiger partial charge in [0, 0.05) is 12.3 Å². The van der Waals surface area contributed by atoms with Crippen molar-refractivity contribution in [1.82, 2.24) is 0 Å². The highest BCUT2D eigenvalue weighted by molar-refractivity contribution is 5.94. The van der Waals surface area contributed by atoms with Gasteiger partial charge in [0.05, 0.1) is 11.6 Å². The largest absolute Gasteiger partial charge is 0.453 e. The molecule has 0 unspecified atom stereocenters. The number of nitrogens with zero attached hydrogens (tertiary/aromatic N) is 1. The molecule has 0 heterocycles. The number of rotatable bonds is 8. The third kappa shape index (κ3) is 4.97. The molecule has 1 amide bonds. The summed E-state index contributed by atoms with van der Waals surface area (Å²) in [4.78, 5) is 25.7. The van der Waals surface area contributed by atoms with E-state index in [0.717, 1.165) is 0 Å². The van der Waals surface area contributed by atoms with Gasteiger partial charge in [-0.25, -0.2) is 4.79 Å². The number of anilines is 1. The van der Waals surface area contributed by atoms with Crippen LogP contribution in [0.25, 0.3) is 0 Å². The topological polar surface area (TPSA) is 88.4 Å². The minimum atomic E-state index is -1.49. The number of nitrogens with one attached hydrogen (secondary N) is 1. The number of hydrogen-bond acceptors (Lipinski definition) is 5. The van der Waals surface area contributed by atoms with Gasteiger partial charge in [-0.1, -0.05) is 60.7 Å². The number of nitriles is 1. The summed E-state index contributed by atoms with van der Waals surface area (Å²) in [5, 5.41) is 11.5. The summed E-state index contributed by atoms with van der Waals surface area (Å²) in [5.74, 6) is -1.17. The Morgan fingerprint density at radius 1 is 0.903 bits per heavy atom. The minimum Gasteiger partial charge on any atom is -0.453 e. The third-order valence-electron chi connectivity index (χ3n) is 4.64. The Hall–Kier alpha value is -3.95. The number of carbonyl (C=O) groups excluding carboxylic acids is 2. The van der Waals surface area contributed by atoms with Crippen LogP contribution in [0.15, 0.2) is 84.9 Å². The van der Waals surface area contributed by atoms with Crippen LogP contribution in [0.3, 0.4) is 0 Å². The van der Waals surface area contributed by atoms with E-state index >= 15 is 0 Å². The Balaban J connectivity index is 1.81. The lowest BCUT2D eigenvalue weighted by molar-refractivity contribution is -0.169. The standard InChI is InChI=1S/C25H22N2O4/c1-2-31-25(20-9-5-3-6-10-20,21-11-7-4-8-12-21)24(29)30-18-23(28)27-22-15-13-19(17-26)14-16-22/h3-16H,2,18H2,1H3,(H,27,28). The molecule has 0 saturated heterocycles. The highest BCUT2D eigenvalue weighted by Crippen LogP contribution is 2.35. The van der Waals surface area contributed by atoms with Gasteiger partial charge < -0.3 is 14.8 Å². The summed E-state index contributed by atoms with van der Waals surface area (Å²) in [6, 6.07) is 26.5. The molecule has 1 N–H and O–H groups in total. The van der Waals surface area contributed by atoms with Crippen LogP contribution in [0.5, 0.6) is 0 Å². The molecule has 0 aliphatic carbocycles. The molecule has 0 aromatic heterocycles. The van der Waals surface area contributed by atoms with Crippen molar-refractivity contribution in [2.24, 2.45) is 0 Å².